The summed E-state index contributed by atoms with van der Waals surface area (Å²) in [6.45, 7) is 3.56. The molecule has 0 bridgehead atoms. The van der Waals surface area contributed by atoms with Gasteiger partial charge in [0.2, 0.25) is 5.96 Å². The second kappa shape index (κ2) is 9.49. The maximum Gasteiger partial charge on any atom is 0.345 e. The number of para-hydroxylation sites is 1. The summed E-state index contributed by atoms with van der Waals surface area (Å²) in [6, 6.07) is 15.9. The Kier molecular flexibility index (Phi) is 6.56. The Hall–Kier alpha value is -4.27. The minimum absolute atomic E-state index is 0.0888. The first-order valence-corrected chi connectivity index (χ1v) is 9.48. The first-order valence-electron chi connectivity index (χ1n) is 9.48. The molecule has 158 valence electrons. The molecule has 3 aromatic rings. The van der Waals surface area contributed by atoms with Crippen molar-refractivity contribution in [1.29, 1.82) is 0 Å². The number of nitrogens with zero attached hydrogens (tertiary/aromatic N) is 4. The number of aliphatic hydroxyl groups is 1. The maximum atomic E-state index is 12.4. The van der Waals surface area contributed by atoms with Crippen LogP contribution in [0.3, 0.4) is 0 Å². The zero-order valence-electron chi connectivity index (χ0n) is 17.1. The molecule has 31 heavy (non-hydrogen) atoms. The number of aryl methyl sites for hydroxylation is 1. The summed E-state index contributed by atoms with van der Waals surface area (Å²) in [4.78, 5) is 29.1. The first kappa shape index (κ1) is 21.4. The van der Waals surface area contributed by atoms with Crippen molar-refractivity contribution in [1.82, 2.24) is 9.97 Å². The zero-order valence-corrected chi connectivity index (χ0v) is 17.1. The van der Waals surface area contributed by atoms with Gasteiger partial charge in [0.15, 0.2) is 0 Å². The van der Waals surface area contributed by atoms with E-state index in [2.05, 4.69) is 20.0 Å². The number of rotatable bonds is 5. The second-order valence-corrected chi connectivity index (χ2v) is 6.40. The Morgan fingerprint density at radius 1 is 1.06 bits per heavy atom. The van der Waals surface area contributed by atoms with Crippen LogP contribution in [-0.2, 0) is 9.53 Å². The third-order valence-corrected chi connectivity index (χ3v) is 4.25. The van der Waals surface area contributed by atoms with Crippen molar-refractivity contribution in [3.8, 4) is 0 Å². The van der Waals surface area contributed by atoms with Crippen LogP contribution in [0.1, 0.15) is 18.2 Å². The molecule has 2 aromatic carbocycles. The van der Waals surface area contributed by atoms with Crippen molar-refractivity contribution in [2.45, 2.75) is 13.8 Å². The number of benzene rings is 2. The standard InChI is InChI=1S/C22H22N6O3/c1-3-31-20(30)17(18(29)14-9-5-4-6-10-14)19(23)27-21(24)28-22-25-13(2)15-11-7-8-12-16(15)26-22/h4-12,29H,3H2,1-2H3,(H4,23,24,25,26,27,28)/b18-17-. The van der Waals surface area contributed by atoms with E-state index in [1.807, 2.05) is 31.2 Å². The second-order valence-electron chi connectivity index (χ2n) is 6.40. The Morgan fingerprint density at radius 3 is 2.45 bits per heavy atom. The highest BCUT2D eigenvalue weighted by molar-refractivity contribution is 6.24. The van der Waals surface area contributed by atoms with Gasteiger partial charge in [-0.2, -0.15) is 9.98 Å². The van der Waals surface area contributed by atoms with E-state index in [0.717, 1.165) is 11.1 Å². The van der Waals surface area contributed by atoms with E-state index >= 15 is 0 Å². The van der Waals surface area contributed by atoms with Gasteiger partial charge >= 0.3 is 5.97 Å². The van der Waals surface area contributed by atoms with Gasteiger partial charge in [0, 0.05) is 10.9 Å². The molecule has 9 nitrogen and oxygen atoms in total. The fourth-order valence-corrected chi connectivity index (χ4v) is 2.84. The van der Waals surface area contributed by atoms with Crippen LogP contribution in [0, 0.1) is 6.92 Å². The number of carbonyl (C=O) groups is 1. The fraction of sp³-hybridized carbons (Fsp3) is 0.136. The van der Waals surface area contributed by atoms with Gasteiger partial charge in [-0.3, -0.25) is 0 Å². The number of nitrogens with two attached hydrogens (primary N) is 2. The Bertz CT molecular complexity index is 1200. The molecule has 0 amide bonds. The monoisotopic (exact) mass is 418 g/mol. The van der Waals surface area contributed by atoms with Crippen LogP contribution in [0.15, 0.2) is 70.2 Å². The zero-order chi connectivity index (χ0) is 22.4. The molecule has 3 rings (SSSR count). The summed E-state index contributed by atoms with van der Waals surface area (Å²) < 4.78 is 5.01. The number of amidine groups is 1. The van der Waals surface area contributed by atoms with E-state index in [4.69, 9.17) is 16.2 Å². The molecular weight excluding hydrogens is 396 g/mol. The number of aliphatic imine (C=N–C) groups is 2. The van der Waals surface area contributed by atoms with E-state index in [-0.39, 0.29) is 35.7 Å². The number of hydrogen-bond acceptors (Lipinski definition) is 6. The number of ether oxygens (including phenoxy) is 1. The van der Waals surface area contributed by atoms with Crippen LogP contribution in [0.25, 0.3) is 16.7 Å². The SMILES string of the molecule is CCOC(=O)C(/C(N)=N/C(N)=N/c1nc(C)c2ccccc2n1)=C(\O)c1ccccc1. The molecule has 0 radical (unpaired) electrons. The number of hydrogen-bond donors (Lipinski definition) is 3. The lowest BCUT2D eigenvalue weighted by molar-refractivity contribution is -0.137. The van der Waals surface area contributed by atoms with Gasteiger partial charge in [-0.25, -0.2) is 14.8 Å². The third-order valence-electron chi connectivity index (χ3n) is 4.25. The minimum Gasteiger partial charge on any atom is -0.506 e. The van der Waals surface area contributed by atoms with Crippen LogP contribution in [0.2, 0.25) is 0 Å². The van der Waals surface area contributed by atoms with Crippen molar-refractivity contribution >= 4 is 40.4 Å². The van der Waals surface area contributed by atoms with Crippen LogP contribution in [0.4, 0.5) is 5.95 Å². The normalized spacial score (nSPS) is 13.1. The lowest BCUT2D eigenvalue weighted by atomic mass is 10.1. The molecule has 0 unspecified atom stereocenters. The molecule has 0 atom stereocenters. The van der Waals surface area contributed by atoms with Crippen molar-refractivity contribution in [2.24, 2.45) is 21.5 Å². The number of fused-ring (bicyclic) bond motifs is 1. The molecule has 9 heteroatoms. The Labute approximate surface area is 178 Å². The lowest BCUT2D eigenvalue weighted by Gasteiger charge is -2.10. The molecule has 1 aromatic heterocycles. The van der Waals surface area contributed by atoms with Crippen molar-refractivity contribution < 1.29 is 14.6 Å². The molecule has 0 saturated carbocycles. The summed E-state index contributed by atoms with van der Waals surface area (Å²) in [7, 11) is 0. The van der Waals surface area contributed by atoms with E-state index in [1.165, 1.54) is 0 Å². The van der Waals surface area contributed by atoms with Crippen molar-refractivity contribution in [3.63, 3.8) is 0 Å². The summed E-state index contributed by atoms with van der Waals surface area (Å²) in [5.74, 6) is -1.76. The Morgan fingerprint density at radius 2 is 1.74 bits per heavy atom. The average Bonchev–Trinajstić information content (AvgIpc) is 2.74. The molecule has 0 aliphatic heterocycles. The van der Waals surface area contributed by atoms with Gasteiger partial charge in [0.05, 0.1) is 17.8 Å². The van der Waals surface area contributed by atoms with Gasteiger partial charge in [-0.1, -0.05) is 48.5 Å². The van der Waals surface area contributed by atoms with E-state index < -0.39 is 5.97 Å². The quantitative estimate of drug-likeness (QED) is 0.190. The van der Waals surface area contributed by atoms with Crippen LogP contribution in [0.5, 0.6) is 0 Å². The molecule has 5 N–H and O–H groups in total. The lowest BCUT2D eigenvalue weighted by Crippen LogP contribution is -2.27. The predicted octanol–water partition coefficient (Wildman–Crippen LogP) is 2.77. The average molecular weight is 418 g/mol. The number of guanidine groups is 1. The summed E-state index contributed by atoms with van der Waals surface area (Å²) >= 11 is 0. The van der Waals surface area contributed by atoms with Crippen LogP contribution >= 0.6 is 0 Å². The van der Waals surface area contributed by atoms with Gasteiger partial charge in [-0.15, -0.1) is 0 Å². The topological polar surface area (TPSA) is 149 Å². The van der Waals surface area contributed by atoms with Crippen LogP contribution < -0.4 is 11.5 Å². The highest BCUT2D eigenvalue weighted by Gasteiger charge is 2.22. The smallest absolute Gasteiger partial charge is 0.345 e. The van der Waals surface area contributed by atoms with Gasteiger partial charge in [0.1, 0.15) is 17.2 Å². The summed E-state index contributed by atoms with van der Waals surface area (Å²) in [6.07, 6.45) is 0. The molecule has 0 spiro atoms. The van der Waals surface area contributed by atoms with Crippen molar-refractivity contribution in [3.05, 3.63) is 71.4 Å². The van der Waals surface area contributed by atoms with Gasteiger partial charge < -0.3 is 21.3 Å². The molecule has 0 saturated heterocycles. The van der Waals surface area contributed by atoms with E-state index in [0.29, 0.717) is 11.1 Å². The maximum absolute atomic E-state index is 12.4. The number of esters is 1. The molecule has 1 heterocycles. The highest BCUT2D eigenvalue weighted by atomic mass is 16.5. The van der Waals surface area contributed by atoms with Crippen LogP contribution in [-0.4, -0.2) is 39.4 Å². The largest absolute Gasteiger partial charge is 0.506 e. The minimum atomic E-state index is -0.837. The first-order chi connectivity index (χ1) is 14.9. The summed E-state index contributed by atoms with van der Waals surface area (Å²) in [5, 5.41) is 11.5. The van der Waals surface area contributed by atoms with Crippen molar-refractivity contribution in [2.75, 3.05) is 6.61 Å². The Balaban J connectivity index is 2.02. The number of aromatic nitrogens is 2. The van der Waals surface area contributed by atoms with Gasteiger partial charge in [-0.05, 0) is 19.9 Å². The molecule has 0 fully saturated rings. The van der Waals surface area contributed by atoms with E-state index in [9.17, 15) is 9.90 Å². The summed E-state index contributed by atoms with van der Waals surface area (Å²) in [5.41, 5.74) is 13.4. The fourth-order valence-electron chi connectivity index (χ4n) is 2.84. The highest BCUT2D eigenvalue weighted by Crippen LogP contribution is 2.19. The predicted molar refractivity (Wildman–Crippen MR) is 120 cm³/mol. The number of carbonyl (C=O) groups excluding carboxylic acids is 1. The third kappa shape index (κ3) is 5.02. The van der Waals surface area contributed by atoms with Gasteiger partial charge in [0.25, 0.3) is 5.95 Å². The van der Waals surface area contributed by atoms with E-state index in [1.54, 1.807) is 37.3 Å². The molecule has 0 aliphatic carbocycles. The number of aliphatic hydroxyl groups excluding tert-OH is 1. The molecule has 0 aliphatic rings. The molecular formula is C22H22N6O3.